The fourth-order valence-corrected chi connectivity index (χ4v) is 3.65. The van der Waals surface area contributed by atoms with E-state index in [0.717, 1.165) is 10.0 Å². The van der Waals surface area contributed by atoms with Gasteiger partial charge in [0.1, 0.15) is 0 Å². The maximum absolute atomic E-state index is 12.4. The summed E-state index contributed by atoms with van der Waals surface area (Å²) in [5, 5.41) is 0.629. The molecule has 0 heterocycles. The molecule has 2 aromatic carbocycles. The third kappa shape index (κ3) is 4.30. The average Bonchev–Trinajstić information content (AvgIpc) is 2.46. The molecule has 1 unspecified atom stereocenters. The number of sulfonamides is 1. The van der Waals surface area contributed by atoms with E-state index in [-0.39, 0.29) is 10.9 Å². The number of nitrogens with one attached hydrogen (secondary N) is 1. The Morgan fingerprint density at radius 3 is 2.19 bits per heavy atom. The third-order valence-corrected chi connectivity index (χ3v) is 5.37. The van der Waals surface area contributed by atoms with Gasteiger partial charge in [-0.3, -0.25) is 0 Å². The van der Waals surface area contributed by atoms with Crippen molar-refractivity contribution in [3.63, 3.8) is 0 Å². The van der Waals surface area contributed by atoms with E-state index in [4.69, 9.17) is 11.6 Å². The van der Waals surface area contributed by atoms with Gasteiger partial charge in [0.15, 0.2) is 0 Å². The third-order valence-electron chi connectivity index (χ3n) is 3.10. The number of halogens is 2. The van der Waals surface area contributed by atoms with Crippen LogP contribution in [0.4, 0.5) is 0 Å². The lowest BCUT2D eigenvalue weighted by molar-refractivity contribution is 0.550. The van der Waals surface area contributed by atoms with Crippen LogP contribution < -0.4 is 4.72 Å². The Balaban J connectivity index is 2.24. The van der Waals surface area contributed by atoms with E-state index < -0.39 is 10.0 Å². The summed E-state index contributed by atoms with van der Waals surface area (Å²) in [6.07, 6.45) is 0.650. The summed E-state index contributed by atoms with van der Waals surface area (Å²) in [6.45, 7) is 1.93. The summed E-state index contributed by atoms with van der Waals surface area (Å²) in [7, 11) is -3.55. The van der Waals surface area contributed by atoms with Crippen LogP contribution in [0.2, 0.25) is 5.02 Å². The van der Waals surface area contributed by atoms with Crippen molar-refractivity contribution in [2.75, 3.05) is 0 Å². The maximum Gasteiger partial charge on any atom is 0.241 e. The highest BCUT2D eigenvalue weighted by Gasteiger charge is 2.20. The zero-order valence-electron chi connectivity index (χ0n) is 11.4. The molecule has 1 N–H and O–H groups in total. The van der Waals surface area contributed by atoms with E-state index in [1.165, 1.54) is 0 Å². The van der Waals surface area contributed by atoms with Gasteiger partial charge in [0.25, 0.3) is 0 Å². The molecule has 3 nitrogen and oxygen atoms in total. The predicted octanol–water partition coefficient (Wildman–Crippen LogP) is 4.53. The highest BCUT2D eigenvalue weighted by atomic mass is 79.9. The molecule has 2 aromatic rings. The largest absolute Gasteiger partial charge is 0.241 e. The van der Waals surface area contributed by atoms with Gasteiger partial charge < -0.3 is 0 Å². The molecule has 0 radical (unpaired) electrons. The van der Waals surface area contributed by atoms with Crippen LogP contribution in [0.15, 0.2) is 57.9 Å². The van der Waals surface area contributed by atoms with Crippen LogP contribution in [0.3, 0.4) is 0 Å². The molecule has 0 aliphatic heterocycles. The lowest BCUT2D eigenvalue weighted by atomic mass is 10.1. The molecule has 0 aromatic heterocycles. The van der Waals surface area contributed by atoms with E-state index in [1.807, 2.05) is 19.1 Å². The van der Waals surface area contributed by atoms with Gasteiger partial charge in [0.05, 0.1) is 4.90 Å². The molecule has 0 aliphatic rings. The van der Waals surface area contributed by atoms with Crippen LogP contribution in [-0.2, 0) is 10.0 Å². The first kappa shape index (κ1) is 16.5. The fourth-order valence-electron chi connectivity index (χ4n) is 1.95. The molecule has 112 valence electrons. The molecule has 6 heteroatoms. The van der Waals surface area contributed by atoms with Crippen LogP contribution in [-0.4, -0.2) is 8.42 Å². The topological polar surface area (TPSA) is 46.2 Å². The molecule has 0 aliphatic carbocycles. The van der Waals surface area contributed by atoms with Gasteiger partial charge in [0, 0.05) is 15.5 Å². The van der Waals surface area contributed by atoms with E-state index in [1.54, 1.807) is 36.4 Å². The molecule has 2 rings (SSSR count). The Bertz CT molecular complexity index is 699. The van der Waals surface area contributed by atoms with Gasteiger partial charge in [-0.1, -0.05) is 46.6 Å². The Kier molecular flexibility index (Phi) is 5.43. The predicted molar refractivity (Wildman–Crippen MR) is 88.9 cm³/mol. The van der Waals surface area contributed by atoms with E-state index in [0.29, 0.717) is 11.4 Å². The first-order valence-corrected chi connectivity index (χ1v) is 9.11. The maximum atomic E-state index is 12.4. The summed E-state index contributed by atoms with van der Waals surface area (Å²) < 4.78 is 28.4. The SMILES string of the molecule is CCC(NS(=O)(=O)c1ccc(Br)cc1)c1ccc(Cl)cc1. The van der Waals surface area contributed by atoms with Crippen molar-refractivity contribution in [1.29, 1.82) is 0 Å². The lowest BCUT2D eigenvalue weighted by Gasteiger charge is -2.17. The van der Waals surface area contributed by atoms with E-state index in [2.05, 4.69) is 20.7 Å². The van der Waals surface area contributed by atoms with Gasteiger partial charge in [-0.25, -0.2) is 13.1 Å². The standard InChI is InChI=1S/C15H15BrClNO2S/c1-2-15(11-3-7-13(17)8-4-11)18-21(19,20)14-9-5-12(16)6-10-14/h3-10,15,18H,2H2,1H3. The van der Waals surface area contributed by atoms with Crippen LogP contribution in [0.5, 0.6) is 0 Å². The molecule has 0 fully saturated rings. The van der Waals surface area contributed by atoms with Gasteiger partial charge in [0.2, 0.25) is 10.0 Å². The lowest BCUT2D eigenvalue weighted by Crippen LogP contribution is -2.28. The van der Waals surface area contributed by atoms with Crippen LogP contribution >= 0.6 is 27.5 Å². The van der Waals surface area contributed by atoms with Gasteiger partial charge in [-0.05, 0) is 48.4 Å². The minimum atomic E-state index is -3.55. The van der Waals surface area contributed by atoms with Crippen molar-refractivity contribution in [2.45, 2.75) is 24.3 Å². The first-order chi connectivity index (χ1) is 9.92. The van der Waals surface area contributed by atoms with Crippen molar-refractivity contribution >= 4 is 37.6 Å². The minimum Gasteiger partial charge on any atom is -0.207 e. The molecular weight excluding hydrogens is 374 g/mol. The molecule has 1 atom stereocenters. The molecular formula is C15H15BrClNO2S. The quantitative estimate of drug-likeness (QED) is 0.818. The van der Waals surface area contributed by atoms with Crippen LogP contribution in [0.1, 0.15) is 24.9 Å². The zero-order chi connectivity index (χ0) is 15.5. The van der Waals surface area contributed by atoms with Crippen LogP contribution in [0.25, 0.3) is 0 Å². The molecule has 0 spiro atoms. The van der Waals surface area contributed by atoms with Gasteiger partial charge in [-0.2, -0.15) is 0 Å². The average molecular weight is 389 g/mol. The number of rotatable bonds is 5. The normalized spacial score (nSPS) is 13.1. The summed E-state index contributed by atoms with van der Waals surface area (Å²) in [6, 6.07) is 13.5. The van der Waals surface area contributed by atoms with Crippen molar-refractivity contribution in [3.8, 4) is 0 Å². The molecule has 21 heavy (non-hydrogen) atoms. The van der Waals surface area contributed by atoms with Crippen molar-refractivity contribution in [1.82, 2.24) is 4.72 Å². The smallest absolute Gasteiger partial charge is 0.207 e. The second-order valence-electron chi connectivity index (χ2n) is 4.59. The highest BCUT2D eigenvalue weighted by molar-refractivity contribution is 9.10. The van der Waals surface area contributed by atoms with Gasteiger partial charge >= 0.3 is 0 Å². The number of hydrogen-bond donors (Lipinski definition) is 1. The Morgan fingerprint density at radius 2 is 1.67 bits per heavy atom. The van der Waals surface area contributed by atoms with Crippen molar-refractivity contribution < 1.29 is 8.42 Å². The fraction of sp³-hybridized carbons (Fsp3) is 0.200. The second kappa shape index (κ2) is 6.92. The van der Waals surface area contributed by atoms with Crippen molar-refractivity contribution in [2.24, 2.45) is 0 Å². The molecule has 0 saturated carbocycles. The van der Waals surface area contributed by atoms with Crippen molar-refractivity contribution in [3.05, 3.63) is 63.6 Å². The monoisotopic (exact) mass is 387 g/mol. The minimum absolute atomic E-state index is 0.248. The summed E-state index contributed by atoms with van der Waals surface area (Å²) in [4.78, 5) is 0.248. The van der Waals surface area contributed by atoms with E-state index >= 15 is 0 Å². The van der Waals surface area contributed by atoms with E-state index in [9.17, 15) is 8.42 Å². The number of benzene rings is 2. The summed E-state index contributed by atoms with van der Waals surface area (Å²) in [5.74, 6) is 0. The second-order valence-corrected chi connectivity index (χ2v) is 7.65. The Morgan fingerprint density at radius 1 is 1.10 bits per heavy atom. The van der Waals surface area contributed by atoms with Crippen LogP contribution in [0, 0.1) is 0 Å². The van der Waals surface area contributed by atoms with Gasteiger partial charge in [-0.15, -0.1) is 0 Å². The zero-order valence-corrected chi connectivity index (χ0v) is 14.5. The number of hydrogen-bond acceptors (Lipinski definition) is 2. The first-order valence-electron chi connectivity index (χ1n) is 6.45. The molecule has 0 saturated heterocycles. The summed E-state index contributed by atoms with van der Waals surface area (Å²) >= 11 is 9.15. The Labute approximate surface area is 138 Å². The Hall–Kier alpha value is -0.880. The molecule has 0 bridgehead atoms. The molecule has 0 amide bonds. The highest BCUT2D eigenvalue weighted by Crippen LogP contribution is 2.22. The summed E-state index contributed by atoms with van der Waals surface area (Å²) in [5.41, 5.74) is 0.891.